The maximum Gasteiger partial charge on any atom is 0.269 e. The zero-order valence-electron chi connectivity index (χ0n) is 14.3. The Bertz CT molecular complexity index is 516. The van der Waals surface area contributed by atoms with Crippen molar-refractivity contribution in [2.45, 2.75) is 32.1 Å². The van der Waals surface area contributed by atoms with E-state index in [1.807, 2.05) is 6.07 Å². The Labute approximate surface area is 148 Å². The molecule has 2 N–H and O–H groups in total. The molecule has 24 heavy (non-hydrogen) atoms. The summed E-state index contributed by atoms with van der Waals surface area (Å²) in [6.07, 6.45) is 8.54. The molecule has 1 aromatic heterocycles. The van der Waals surface area contributed by atoms with Gasteiger partial charge < -0.3 is 10.6 Å². The Balaban J connectivity index is 1.64. The van der Waals surface area contributed by atoms with Crippen molar-refractivity contribution in [1.29, 1.82) is 0 Å². The fourth-order valence-corrected chi connectivity index (χ4v) is 3.46. The second kappa shape index (κ2) is 10.3. The quantitative estimate of drug-likeness (QED) is 0.708. The Morgan fingerprint density at radius 3 is 2.67 bits per heavy atom. The van der Waals surface area contributed by atoms with Crippen LogP contribution < -0.4 is 10.6 Å². The predicted octanol–water partition coefficient (Wildman–Crippen LogP) is 2.49. The second-order valence-electron chi connectivity index (χ2n) is 6.28. The van der Waals surface area contributed by atoms with Crippen LogP contribution in [0.1, 0.15) is 42.6 Å². The fraction of sp³-hybridized carbons (Fsp3) is 0.611. The van der Waals surface area contributed by atoms with Gasteiger partial charge in [0.15, 0.2) is 0 Å². The van der Waals surface area contributed by atoms with Crippen LogP contribution in [0.4, 0.5) is 0 Å². The summed E-state index contributed by atoms with van der Waals surface area (Å²) in [5.41, 5.74) is 0.454. The number of carbonyl (C=O) groups excluding carboxylic acids is 2. The van der Waals surface area contributed by atoms with Crippen LogP contribution >= 0.6 is 11.8 Å². The van der Waals surface area contributed by atoms with Gasteiger partial charge in [-0.2, -0.15) is 11.8 Å². The minimum absolute atomic E-state index is 0.121. The number of nitrogens with one attached hydrogen (secondary N) is 2. The summed E-state index contributed by atoms with van der Waals surface area (Å²) in [6.45, 7) is 1.44. The summed E-state index contributed by atoms with van der Waals surface area (Å²) >= 11 is 1.81. The molecule has 0 radical (unpaired) electrons. The monoisotopic (exact) mass is 349 g/mol. The summed E-state index contributed by atoms with van der Waals surface area (Å²) in [5, 5.41) is 6.00. The van der Waals surface area contributed by atoms with Crippen LogP contribution in [0.25, 0.3) is 0 Å². The molecule has 0 aromatic carbocycles. The molecule has 0 bridgehead atoms. The SMILES string of the molecule is CSCCCNC(=O)C1CCC(CNC(=O)c2ccccn2)CC1. The first-order chi connectivity index (χ1) is 11.7. The minimum atomic E-state index is -0.121. The van der Waals surface area contributed by atoms with Gasteiger partial charge in [-0.3, -0.25) is 14.6 Å². The summed E-state index contributed by atoms with van der Waals surface area (Å²) in [7, 11) is 0. The lowest BCUT2D eigenvalue weighted by molar-refractivity contribution is -0.126. The molecular formula is C18H27N3O2S. The number of thioether (sulfide) groups is 1. The third-order valence-electron chi connectivity index (χ3n) is 4.49. The van der Waals surface area contributed by atoms with Gasteiger partial charge in [0.05, 0.1) is 0 Å². The van der Waals surface area contributed by atoms with E-state index in [2.05, 4.69) is 21.9 Å². The Morgan fingerprint density at radius 2 is 2.00 bits per heavy atom. The van der Waals surface area contributed by atoms with E-state index in [1.54, 1.807) is 30.1 Å². The zero-order chi connectivity index (χ0) is 17.2. The van der Waals surface area contributed by atoms with E-state index >= 15 is 0 Å². The van der Waals surface area contributed by atoms with Gasteiger partial charge in [-0.05, 0) is 62.2 Å². The van der Waals surface area contributed by atoms with Crippen molar-refractivity contribution in [2.75, 3.05) is 25.1 Å². The maximum atomic E-state index is 12.1. The number of amides is 2. The normalized spacial score (nSPS) is 20.4. The smallest absolute Gasteiger partial charge is 0.269 e. The average Bonchev–Trinajstić information content (AvgIpc) is 2.64. The molecule has 1 aromatic rings. The van der Waals surface area contributed by atoms with Crippen molar-refractivity contribution in [3.63, 3.8) is 0 Å². The molecule has 0 saturated heterocycles. The van der Waals surface area contributed by atoms with E-state index in [0.29, 0.717) is 18.2 Å². The Morgan fingerprint density at radius 1 is 1.21 bits per heavy atom. The number of aromatic nitrogens is 1. The highest BCUT2D eigenvalue weighted by Crippen LogP contribution is 2.28. The minimum Gasteiger partial charge on any atom is -0.356 e. The molecule has 0 unspecified atom stereocenters. The van der Waals surface area contributed by atoms with Crippen LogP contribution in [0.3, 0.4) is 0 Å². The maximum absolute atomic E-state index is 12.1. The average molecular weight is 350 g/mol. The van der Waals surface area contributed by atoms with Crippen molar-refractivity contribution in [3.05, 3.63) is 30.1 Å². The first kappa shape index (κ1) is 18.8. The number of hydrogen-bond acceptors (Lipinski definition) is 4. The van der Waals surface area contributed by atoms with Gasteiger partial charge in [0, 0.05) is 25.2 Å². The van der Waals surface area contributed by atoms with E-state index in [4.69, 9.17) is 0 Å². The van der Waals surface area contributed by atoms with Crippen LogP contribution in [-0.2, 0) is 4.79 Å². The van der Waals surface area contributed by atoms with Crippen molar-refractivity contribution in [2.24, 2.45) is 11.8 Å². The topological polar surface area (TPSA) is 71.1 Å². The van der Waals surface area contributed by atoms with Crippen LogP contribution in [0, 0.1) is 11.8 Å². The number of rotatable bonds is 8. The molecule has 0 aliphatic heterocycles. The first-order valence-corrected chi connectivity index (χ1v) is 10.1. The molecule has 0 atom stereocenters. The van der Waals surface area contributed by atoms with Gasteiger partial charge >= 0.3 is 0 Å². The lowest BCUT2D eigenvalue weighted by Gasteiger charge is -2.27. The van der Waals surface area contributed by atoms with E-state index in [-0.39, 0.29) is 17.7 Å². The fourth-order valence-electron chi connectivity index (χ4n) is 3.03. The lowest BCUT2D eigenvalue weighted by atomic mass is 9.81. The van der Waals surface area contributed by atoms with Crippen molar-refractivity contribution >= 4 is 23.6 Å². The summed E-state index contributed by atoms with van der Waals surface area (Å²) in [5.74, 6) is 1.76. The molecule has 0 spiro atoms. The molecule has 1 heterocycles. The van der Waals surface area contributed by atoms with Crippen LogP contribution in [0.2, 0.25) is 0 Å². The molecular weight excluding hydrogens is 322 g/mol. The van der Waals surface area contributed by atoms with Gasteiger partial charge in [-0.15, -0.1) is 0 Å². The molecule has 1 aliphatic rings. The molecule has 1 saturated carbocycles. The van der Waals surface area contributed by atoms with Gasteiger partial charge in [-0.25, -0.2) is 0 Å². The van der Waals surface area contributed by atoms with Crippen LogP contribution in [0.15, 0.2) is 24.4 Å². The number of nitrogens with zero attached hydrogens (tertiary/aromatic N) is 1. The first-order valence-electron chi connectivity index (χ1n) is 8.66. The van der Waals surface area contributed by atoms with E-state index < -0.39 is 0 Å². The zero-order valence-corrected chi connectivity index (χ0v) is 15.1. The lowest BCUT2D eigenvalue weighted by Crippen LogP contribution is -2.36. The van der Waals surface area contributed by atoms with E-state index in [1.165, 1.54) is 0 Å². The van der Waals surface area contributed by atoms with Crippen LogP contribution in [-0.4, -0.2) is 41.9 Å². The van der Waals surface area contributed by atoms with Crippen molar-refractivity contribution in [3.8, 4) is 0 Å². The predicted molar refractivity (Wildman–Crippen MR) is 98.0 cm³/mol. The highest BCUT2D eigenvalue weighted by atomic mass is 32.2. The third kappa shape index (κ3) is 6.15. The highest BCUT2D eigenvalue weighted by Gasteiger charge is 2.26. The Hall–Kier alpha value is -1.56. The number of pyridine rings is 1. The molecule has 1 fully saturated rings. The molecule has 2 amide bonds. The van der Waals surface area contributed by atoms with Gasteiger partial charge in [0.1, 0.15) is 5.69 Å². The third-order valence-corrected chi connectivity index (χ3v) is 5.19. The molecule has 1 aliphatic carbocycles. The largest absolute Gasteiger partial charge is 0.356 e. The summed E-state index contributed by atoms with van der Waals surface area (Å²) in [4.78, 5) is 28.2. The molecule has 2 rings (SSSR count). The van der Waals surface area contributed by atoms with E-state index in [0.717, 1.165) is 44.4 Å². The second-order valence-corrected chi connectivity index (χ2v) is 7.27. The summed E-state index contributed by atoms with van der Waals surface area (Å²) < 4.78 is 0. The highest BCUT2D eigenvalue weighted by molar-refractivity contribution is 7.98. The van der Waals surface area contributed by atoms with E-state index in [9.17, 15) is 9.59 Å². The Kier molecular flexibility index (Phi) is 8.08. The van der Waals surface area contributed by atoms with Crippen molar-refractivity contribution in [1.82, 2.24) is 15.6 Å². The van der Waals surface area contributed by atoms with Gasteiger partial charge in [-0.1, -0.05) is 6.07 Å². The molecule has 132 valence electrons. The van der Waals surface area contributed by atoms with Gasteiger partial charge in [0.25, 0.3) is 5.91 Å². The van der Waals surface area contributed by atoms with Gasteiger partial charge in [0.2, 0.25) is 5.91 Å². The van der Waals surface area contributed by atoms with Crippen LogP contribution in [0.5, 0.6) is 0 Å². The number of hydrogen-bond donors (Lipinski definition) is 2. The standard InChI is InChI=1S/C18H27N3O2S/c1-24-12-4-11-20-17(22)15-8-6-14(7-9-15)13-21-18(23)16-5-2-3-10-19-16/h2-3,5,10,14-15H,4,6-9,11-13H2,1H3,(H,20,22)(H,21,23). The van der Waals surface area contributed by atoms with Crippen molar-refractivity contribution < 1.29 is 9.59 Å². The number of carbonyl (C=O) groups is 2. The molecule has 5 nitrogen and oxygen atoms in total. The molecule has 6 heteroatoms. The summed E-state index contributed by atoms with van der Waals surface area (Å²) in [6, 6.07) is 5.32.